The van der Waals surface area contributed by atoms with Crippen molar-refractivity contribution in [3.05, 3.63) is 48.6 Å². The Labute approximate surface area is 384 Å². The molecule has 0 aromatic carbocycles. The third-order valence-corrected chi connectivity index (χ3v) is 11.6. The molecule has 0 rings (SSSR count). The summed E-state index contributed by atoms with van der Waals surface area (Å²) in [7, 11) is 0. The molecule has 1 unspecified atom stereocenters. The lowest BCUT2D eigenvalue weighted by Crippen LogP contribution is -2.30. The summed E-state index contributed by atoms with van der Waals surface area (Å²) >= 11 is 0. The van der Waals surface area contributed by atoms with Crippen LogP contribution in [0.3, 0.4) is 0 Å². The lowest BCUT2D eigenvalue weighted by molar-refractivity contribution is -0.167. The van der Waals surface area contributed by atoms with Crippen molar-refractivity contribution in [1.82, 2.24) is 0 Å². The highest BCUT2D eigenvalue weighted by Crippen LogP contribution is 2.15. The topological polar surface area (TPSA) is 78.9 Å². The van der Waals surface area contributed by atoms with Crippen molar-refractivity contribution in [3.8, 4) is 0 Å². The number of hydrogen-bond acceptors (Lipinski definition) is 6. The van der Waals surface area contributed by atoms with Crippen molar-refractivity contribution in [2.75, 3.05) is 13.2 Å². The molecule has 6 heteroatoms. The van der Waals surface area contributed by atoms with Crippen LogP contribution in [0, 0.1) is 0 Å². The van der Waals surface area contributed by atoms with E-state index in [1.807, 2.05) is 0 Å². The van der Waals surface area contributed by atoms with Crippen molar-refractivity contribution < 1.29 is 28.6 Å². The number of carbonyl (C=O) groups excluding carboxylic acids is 3. The van der Waals surface area contributed by atoms with E-state index in [1.54, 1.807) is 0 Å². The molecule has 0 heterocycles. The van der Waals surface area contributed by atoms with Crippen LogP contribution in [-0.2, 0) is 28.6 Å². The summed E-state index contributed by atoms with van der Waals surface area (Å²) in [5, 5.41) is 0. The highest BCUT2D eigenvalue weighted by molar-refractivity contribution is 5.71. The van der Waals surface area contributed by atoms with E-state index in [1.165, 1.54) is 135 Å². The van der Waals surface area contributed by atoms with Gasteiger partial charge in [0.25, 0.3) is 0 Å². The molecule has 1 atom stereocenters. The first-order chi connectivity index (χ1) is 30.5. The van der Waals surface area contributed by atoms with Crippen molar-refractivity contribution >= 4 is 17.9 Å². The molecular weight excluding hydrogens is 769 g/mol. The van der Waals surface area contributed by atoms with Gasteiger partial charge in [-0.1, -0.05) is 223 Å². The second-order valence-corrected chi connectivity index (χ2v) is 17.8. The molecule has 0 amide bonds. The van der Waals surface area contributed by atoms with Gasteiger partial charge in [0.05, 0.1) is 0 Å². The summed E-state index contributed by atoms with van der Waals surface area (Å²) in [4.78, 5) is 37.9. The summed E-state index contributed by atoms with van der Waals surface area (Å²) < 4.78 is 16.8. The number of unbranched alkanes of at least 4 members (excludes halogenated alkanes) is 29. The Balaban J connectivity index is 4.32. The molecule has 6 nitrogen and oxygen atoms in total. The quantitative estimate of drug-likeness (QED) is 0.0262. The fourth-order valence-electron chi connectivity index (χ4n) is 7.57. The van der Waals surface area contributed by atoms with Gasteiger partial charge < -0.3 is 14.2 Å². The van der Waals surface area contributed by atoms with Gasteiger partial charge in [-0.3, -0.25) is 14.4 Å². The number of allylic oxidation sites excluding steroid dienone is 8. The van der Waals surface area contributed by atoms with Crippen LogP contribution >= 0.6 is 0 Å². The van der Waals surface area contributed by atoms with Crippen LogP contribution in [0.1, 0.15) is 271 Å². The van der Waals surface area contributed by atoms with E-state index in [0.29, 0.717) is 19.3 Å². The predicted molar refractivity (Wildman–Crippen MR) is 265 cm³/mol. The number of hydrogen-bond donors (Lipinski definition) is 0. The van der Waals surface area contributed by atoms with E-state index in [4.69, 9.17) is 14.2 Å². The minimum absolute atomic E-state index is 0.0786. The molecule has 0 aromatic heterocycles. The van der Waals surface area contributed by atoms with Crippen molar-refractivity contribution in [2.24, 2.45) is 0 Å². The smallest absolute Gasteiger partial charge is 0.306 e. The number of ether oxygens (including phenoxy) is 3. The highest BCUT2D eigenvalue weighted by Gasteiger charge is 2.19. The number of esters is 3. The molecule has 0 N–H and O–H groups in total. The van der Waals surface area contributed by atoms with Gasteiger partial charge in [0, 0.05) is 19.3 Å². The summed E-state index contributed by atoms with van der Waals surface area (Å²) in [6.45, 7) is 6.51. The summed E-state index contributed by atoms with van der Waals surface area (Å²) in [6, 6.07) is 0. The Bertz CT molecular complexity index is 1090. The first-order valence-electron chi connectivity index (χ1n) is 26.6. The third kappa shape index (κ3) is 48.4. The van der Waals surface area contributed by atoms with Crippen LogP contribution in [0.4, 0.5) is 0 Å². The third-order valence-electron chi connectivity index (χ3n) is 11.6. The molecule has 360 valence electrons. The van der Waals surface area contributed by atoms with E-state index < -0.39 is 6.10 Å². The average molecular weight is 869 g/mol. The Kier molecular flexibility index (Phi) is 48.8. The Morgan fingerprint density at radius 2 is 0.629 bits per heavy atom. The first-order valence-corrected chi connectivity index (χ1v) is 26.6. The van der Waals surface area contributed by atoms with E-state index in [0.717, 1.165) is 96.3 Å². The summed E-state index contributed by atoms with van der Waals surface area (Å²) in [6.07, 6.45) is 61.0. The zero-order valence-corrected chi connectivity index (χ0v) is 41.1. The fourth-order valence-corrected chi connectivity index (χ4v) is 7.57. The molecule has 0 fully saturated rings. The predicted octanol–water partition coefficient (Wildman–Crippen LogP) is 17.5. The zero-order chi connectivity index (χ0) is 45.1. The Hall–Kier alpha value is -2.63. The summed E-state index contributed by atoms with van der Waals surface area (Å²) in [5.74, 6) is -0.891. The molecule has 0 radical (unpaired) electrons. The molecule has 0 spiro atoms. The highest BCUT2D eigenvalue weighted by atomic mass is 16.6. The van der Waals surface area contributed by atoms with Crippen LogP contribution in [0.2, 0.25) is 0 Å². The molecule has 62 heavy (non-hydrogen) atoms. The fraction of sp³-hybridized carbons (Fsp3) is 0.804. The van der Waals surface area contributed by atoms with Gasteiger partial charge in [-0.15, -0.1) is 0 Å². The number of rotatable bonds is 48. The van der Waals surface area contributed by atoms with E-state index in [2.05, 4.69) is 69.4 Å². The first kappa shape index (κ1) is 59.4. The van der Waals surface area contributed by atoms with Gasteiger partial charge in [-0.25, -0.2) is 0 Å². The van der Waals surface area contributed by atoms with Crippen LogP contribution < -0.4 is 0 Å². The monoisotopic (exact) mass is 869 g/mol. The Morgan fingerprint density at radius 1 is 0.339 bits per heavy atom. The van der Waals surface area contributed by atoms with Gasteiger partial charge in [0.1, 0.15) is 13.2 Å². The standard InChI is InChI=1S/C56H100O6/c1-4-7-10-13-16-19-22-24-26-27-28-29-31-32-34-37-40-43-46-49-55(58)61-52-53(51-60-54(57)48-45-42-39-36-21-18-15-12-9-6-3)62-56(59)50-47-44-41-38-35-33-30-25-23-20-17-14-11-8-5-2/h8,11,17,20,24-26,30,53H,4-7,9-10,12-16,18-19,21-23,27-29,31-52H2,1-3H3/b11-8-,20-17-,26-24-,30-25-. The van der Waals surface area contributed by atoms with Gasteiger partial charge in [-0.05, 0) is 77.0 Å². The summed E-state index contributed by atoms with van der Waals surface area (Å²) in [5.41, 5.74) is 0. The van der Waals surface area contributed by atoms with Gasteiger partial charge in [0.15, 0.2) is 6.10 Å². The maximum Gasteiger partial charge on any atom is 0.306 e. The molecule has 0 saturated heterocycles. The lowest BCUT2D eigenvalue weighted by atomic mass is 10.1. The second-order valence-electron chi connectivity index (χ2n) is 17.8. The largest absolute Gasteiger partial charge is 0.462 e. The average Bonchev–Trinajstić information content (AvgIpc) is 3.27. The minimum Gasteiger partial charge on any atom is -0.462 e. The lowest BCUT2D eigenvalue weighted by Gasteiger charge is -2.18. The van der Waals surface area contributed by atoms with Gasteiger partial charge in [-0.2, -0.15) is 0 Å². The number of carbonyl (C=O) groups is 3. The normalized spacial score (nSPS) is 12.4. The Morgan fingerprint density at radius 3 is 1.00 bits per heavy atom. The minimum atomic E-state index is -0.779. The van der Waals surface area contributed by atoms with E-state index >= 15 is 0 Å². The van der Waals surface area contributed by atoms with Crippen LogP contribution in [0.25, 0.3) is 0 Å². The molecule has 0 aliphatic rings. The van der Waals surface area contributed by atoms with E-state index in [-0.39, 0.29) is 31.1 Å². The molecular formula is C56H100O6. The van der Waals surface area contributed by atoms with Crippen LogP contribution in [0.5, 0.6) is 0 Å². The molecule has 0 aliphatic heterocycles. The molecule has 0 saturated carbocycles. The van der Waals surface area contributed by atoms with Crippen LogP contribution in [-0.4, -0.2) is 37.2 Å². The maximum atomic E-state index is 12.8. The maximum absolute atomic E-state index is 12.8. The SMILES string of the molecule is CC/C=C\C/C=C\C/C=C\CCCCCCCC(=O)OC(COC(=O)CCCCCCCCCCCC)COC(=O)CCCCCCCCCCC/C=C\CCCCCCCC. The van der Waals surface area contributed by atoms with Crippen LogP contribution in [0.15, 0.2) is 48.6 Å². The van der Waals surface area contributed by atoms with Crippen molar-refractivity contribution in [2.45, 2.75) is 277 Å². The zero-order valence-electron chi connectivity index (χ0n) is 41.1. The second kappa shape index (κ2) is 51.0. The van der Waals surface area contributed by atoms with Crippen molar-refractivity contribution in [3.63, 3.8) is 0 Å². The molecule has 0 aliphatic carbocycles. The molecule has 0 aromatic rings. The van der Waals surface area contributed by atoms with Gasteiger partial charge in [0.2, 0.25) is 0 Å². The van der Waals surface area contributed by atoms with Crippen molar-refractivity contribution in [1.29, 1.82) is 0 Å². The van der Waals surface area contributed by atoms with E-state index in [9.17, 15) is 14.4 Å². The van der Waals surface area contributed by atoms with Gasteiger partial charge >= 0.3 is 17.9 Å². The molecule has 0 bridgehead atoms.